The molecule has 1 aliphatic rings. The monoisotopic (exact) mass is 359 g/mol. The standard InChI is InChI=1S/C19H25N3O4/c1-5-26-18(24)15-16(12(2)3)22-14-9-7-6-8-13(14)20-19(22)21(17(15)23)10-11-25-4/h6-9,12,15-16H,5,10-11H2,1-4H3/t15-,16-/m0/s1. The maximum atomic E-state index is 13.2. The zero-order valence-corrected chi connectivity index (χ0v) is 15.6. The van der Waals surface area contributed by atoms with Crippen molar-refractivity contribution in [3.05, 3.63) is 24.3 Å². The molecule has 140 valence electrons. The van der Waals surface area contributed by atoms with E-state index in [1.54, 1.807) is 18.9 Å². The quantitative estimate of drug-likeness (QED) is 0.585. The van der Waals surface area contributed by atoms with E-state index in [0.717, 1.165) is 11.0 Å². The minimum atomic E-state index is -0.892. The van der Waals surface area contributed by atoms with Crippen molar-refractivity contribution in [2.45, 2.75) is 26.8 Å². The number of carbonyl (C=O) groups is 2. The largest absolute Gasteiger partial charge is 0.465 e. The van der Waals surface area contributed by atoms with E-state index >= 15 is 0 Å². The van der Waals surface area contributed by atoms with Crippen molar-refractivity contribution in [1.29, 1.82) is 0 Å². The SMILES string of the molecule is CCOC(=O)[C@@H]1C(=O)N(CCOC)c2nc3ccccc3n2[C@H]1C(C)C. The number of rotatable bonds is 6. The van der Waals surface area contributed by atoms with Crippen molar-refractivity contribution in [2.24, 2.45) is 11.8 Å². The van der Waals surface area contributed by atoms with Gasteiger partial charge in [0, 0.05) is 7.11 Å². The van der Waals surface area contributed by atoms with Crippen LogP contribution in [-0.2, 0) is 19.1 Å². The Hall–Kier alpha value is -2.41. The van der Waals surface area contributed by atoms with E-state index in [9.17, 15) is 9.59 Å². The van der Waals surface area contributed by atoms with Gasteiger partial charge in [-0.15, -0.1) is 0 Å². The second-order valence-corrected chi connectivity index (χ2v) is 6.72. The molecule has 1 aromatic heterocycles. The number of amides is 1. The minimum Gasteiger partial charge on any atom is -0.465 e. The van der Waals surface area contributed by atoms with E-state index in [2.05, 4.69) is 4.98 Å². The van der Waals surface area contributed by atoms with Gasteiger partial charge in [0.15, 0.2) is 5.92 Å². The van der Waals surface area contributed by atoms with E-state index in [4.69, 9.17) is 9.47 Å². The number of para-hydroxylation sites is 2. The number of methoxy groups -OCH3 is 1. The summed E-state index contributed by atoms with van der Waals surface area (Å²) in [5.41, 5.74) is 1.71. The van der Waals surface area contributed by atoms with Crippen molar-refractivity contribution in [2.75, 3.05) is 31.8 Å². The molecule has 0 bridgehead atoms. The van der Waals surface area contributed by atoms with Gasteiger partial charge in [-0.05, 0) is 25.0 Å². The van der Waals surface area contributed by atoms with Crippen LogP contribution in [0.2, 0.25) is 0 Å². The van der Waals surface area contributed by atoms with Crippen LogP contribution in [0.3, 0.4) is 0 Å². The fourth-order valence-electron chi connectivity index (χ4n) is 3.63. The van der Waals surface area contributed by atoms with Crippen LogP contribution in [0.4, 0.5) is 5.95 Å². The number of carbonyl (C=O) groups excluding carboxylic acids is 2. The van der Waals surface area contributed by atoms with Crippen molar-refractivity contribution in [3.8, 4) is 0 Å². The Morgan fingerprint density at radius 3 is 2.69 bits per heavy atom. The van der Waals surface area contributed by atoms with Gasteiger partial charge in [-0.3, -0.25) is 14.5 Å². The van der Waals surface area contributed by atoms with Crippen LogP contribution in [0.15, 0.2) is 24.3 Å². The third-order valence-corrected chi connectivity index (χ3v) is 4.73. The zero-order valence-electron chi connectivity index (χ0n) is 15.6. The molecule has 7 nitrogen and oxygen atoms in total. The fraction of sp³-hybridized carbons (Fsp3) is 0.526. The number of imidazole rings is 1. The van der Waals surface area contributed by atoms with Crippen molar-refractivity contribution < 1.29 is 19.1 Å². The van der Waals surface area contributed by atoms with E-state index in [-0.39, 0.29) is 24.5 Å². The number of hydrogen-bond donors (Lipinski definition) is 0. The normalized spacial score (nSPS) is 19.9. The highest BCUT2D eigenvalue weighted by Gasteiger charge is 2.48. The van der Waals surface area contributed by atoms with Gasteiger partial charge in [-0.25, -0.2) is 4.98 Å². The van der Waals surface area contributed by atoms with Crippen LogP contribution in [-0.4, -0.2) is 48.3 Å². The highest BCUT2D eigenvalue weighted by molar-refractivity contribution is 6.08. The van der Waals surface area contributed by atoms with Crippen LogP contribution in [0.5, 0.6) is 0 Å². The highest BCUT2D eigenvalue weighted by Crippen LogP contribution is 2.41. The lowest BCUT2D eigenvalue weighted by atomic mass is 9.87. The fourth-order valence-corrected chi connectivity index (χ4v) is 3.63. The third-order valence-electron chi connectivity index (χ3n) is 4.73. The first kappa shape index (κ1) is 18.4. The Morgan fingerprint density at radius 2 is 2.04 bits per heavy atom. The molecule has 2 atom stereocenters. The molecule has 7 heteroatoms. The number of fused-ring (bicyclic) bond motifs is 3. The second kappa shape index (κ2) is 7.45. The van der Waals surface area contributed by atoms with Gasteiger partial charge >= 0.3 is 5.97 Å². The molecule has 2 aromatic rings. The van der Waals surface area contributed by atoms with Crippen LogP contribution >= 0.6 is 0 Å². The van der Waals surface area contributed by atoms with Gasteiger partial charge in [-0.1, -0.05) is 26.0 Å². The van der Waals surface area contributed by atoms with Gasteiger partial charge in [-0.2, -0.15) is 0 Å². The lowest BCUT2D eigenvalue weighted by molar-refractivity contribution is -0.154. The maximum Gasteiger partial charge on any atom is 0.320 e. The van der Waals surface area contributed by atoms with Gasteiger partial charge in [0.2, 0.25) is 11.9 Å². The van der Waals surface area contributed by atoms with Crippen molar-refractivity contribution in [1.82, 2.24) is 9.55 Å². The van der Waals surface area contributed by atoms with Gasteiger partial charge in [0.1, 0.15) is 0 Å². The molecule has 1 aromatic carbocycles. The molecule has 0 spiro atoms. The summed E-state index contributed by atoms with van der Waals surface area (Å²) >= 11 is 0. The Labute approximate surface area is 152 Å². The smallest absolute Gasteiger partial charge is 0.320 e. The van der Waals surface area contributed by atoms with Gasteiger partial charge in [0.25, 0.3) is 0 Å². The summed E-state index contributed by atoms with van der Waals surface area (Å²) in [5, 5.41) is 0. The number of hydrogen-bond acceptors (Lipinski definition) is 5. The molecule has 0 saturated heterocycles. The van der Waals surface area contributed by atoms with E-state index in [1.807, 2.05) is 42.7 Å². The predicted molar refractivity (Wildman–Crippen MR) is 98.0 cm³/mol. The third kappa shape index (κ3) is 2.96. The average Bonchev–Trinajstić information content (AvgIpc) is 2.99. The molecule has 0 radical (unpaired) electrons. The molecule has 0 N–H and O–H groups in total. The molecule has 0 saturated carbocycles. The number of benzene rings is 1. The zero-order chi connectivity index (χ0) is 18.8. The summed E-state index contributed by atoms with van der Waals surface area (Å²) in [7, 11) is 1.58. The summed E-state index contributed by atoms with van der Waals surface area (Å²) in [6.45, 7) is 6.69. The number of aromatic nitrogens is 2. The molecule has 1 amide bonds. The Morgan fingerprint density at radius 1 is 1.31 bits per heavy atom. The molecular weight excluding hydrogens is 334 g/mol. The number of esters is 1. The molecular formula is C19H25N3O4. The van der Waals surface area contributed by atoms with Crippen LogP contribution in [0, 0.1) is 11.8 Å². The predicted octanol–water partition coefficient (Wildman–Crippen LogP) is 2.41. The Balaban J connectivity index is 2.21. The number of ether oxygens (including phenoxy) is 2. The summed E-state index contributed by atoms with van der Waals surface area (Å²) in [6, 6.07) is 7.38. The lowest BCUT2D eigenvalue weighted by Crippen LogP contribution is -2.51. The molecule has 0 unspecified atom stereocenters. The van der Waals surface area contributed by atoms with E-state index in [0.29, 0.717) is 19.1 Å². The van der Waals surface area contributed by atoms with Crippen LogP contribution in [0.25, 0.3) is 11.0 Å². The summed E-state index contributed by atoms with van der Waals surface area (Å²) in [5.74, 6) is -1.04. The molecule has 26 heavy (non-hydrogen) atoms. The van der Waals surface area contributed by atoms with E-state index < -0.39 is 11.9 Å². The average molecular weight is 359 g/mol. The van der Waals surface area contributed by atoms with Crippen LogP contribution < -0.4 is 4.90 Å². The highest BCUT2D eigenvalue weighted by atomic mass is 16.5. The van der Waals surface area contributed by atoms with Crippen LogP contribution in [0.1, 0.15) is 26.8 Å². The summed E-state index contributed by atoms with van der Waals surface area (Å²) < 4.78 is 12.4. The lowest BCUT2D eigenvalue weighted by Gasteiger charge is -2.39. The van der Waals surface area contributed by atoms with Gasteiger partial charge < -0.3 is 14.0 Å². The summed E-state index contributed by atoms with van der Waals surface area (Å²) in [6.07, 6.45) is 0. The number of nitrogens with zero attached hydrogens (tertiary/aromatic N) is 3. The van der Waals surface area contributed by atoms with Gasteiger partial charge in [0.05, 0.1) is 36.8 Å². The molecule has 1 aliphatic heterocycles. The maximum absolute atomic E-state index is 13.2. The first-order chi connectivity index (χ1) is 12.5. The first-order valence-electron chi connectivity index (χ1n) is 8.95. The number of anilines is 1. The summed E-state index contributed by atoms with van der Waals surface area (Å²) in [4.78, 5) is 32.1. The Kier molecular flexibility index (Phi) is 5.27. The minimum absolute atomic E-state index is 0.0503. The van der Waals surface area contributed by atoms with Crippen molar-refractivity contribution in [3.63, 3.8) is 0 Å². The first-order valence-corrected chi connectivity index (χ1v) is 8.95. The van der Waals surface area contributed by atoms with E-state index in [1.165, 1.54) is 0 Å². The topological polar surface area (TPSA) is 73.7 Å². The second-order valence-electron chi connectivity index (χ2n) is 6.72. The molecule has 3 rings (SSSR count). The molecule has 0 fully saturated rings. The van der Waals surface area contributed by atoms with Crippen molar-refractivity contribution >= 4 is 28.9 Å². The molecule has 2 heterocycles. The molecule has 0 aliphatic carbocycles. The Bertz CT molecular complexity index is 814.